The van der Waals surface area contributed by atoms with Gasteiger partial charge < -0.3 is 10.2 Å². The molecule has 0 aromatic heterocycles. The Hall–Kier alpha value is -3.21. The molecule has 0 saturated heterocycles. The third-order valence-corrected chi connectivity index (χ3v) is 4.22. The van der Waals surface area contributed by atoms with Crippen LogP contribution in [0.2, 0.25) is 0 Å². The highest BCUT2D eigenvalue weighted by atomic mass is 19.1. The number of halogens is 2. The highest BCUT2D eigenvalue weighted by Gasteiger charge is 2.12. The molecule has 138 valence electrons. The van der Waals surface area contributed by atoms with Crippen LogP contribution in [0.25, 0.3) is 11.1 Å². The molecule has 1 N–H and O–H groups in total. The molecule has 0 bridgehead atoms. The summed E-state index contributed by atoms with van der Waals surface area (Å²) in [6, 6.07) is 20.7. The smallest absolute Gasteiger partial charge is 0.317 e. The maximum absolute atomic E-state index is 13.2. The normalized spacial score (nSPS) is 10.5. The van der Waals surface area contributed by atoms with E-state index in [-0.39, 0.29) is 12.6 Å². The van der Waals surface area contributed by atoms with Gasteiger partial charge in [-0.25, -0.2) is 13.6 Å². The van der Waals surface area contributed by atoms with Crippen LogP contribution in [0, 0.1) is 11.6 Å². The Kier molecular flexibility index (Phi) is 5.81. The number of rotatable bonds is 5. The van der Waals surface area contributed by atoms with E-state index in [1.807, 2.05) is 54.6 Å². The van der Waals surface area contributed by atoms with Crippen molar-refractivity contribution in [1.82, 2.24) is 10.2 Å². The largest absolute Gasteiger partial charge is 0.334 e. The average molecular weight is 366 g/mol. The van der Waals surface area contributed by atoms with Crippen molar-refractivity contribution in [2.24, 2.45) is 0 Å². The van der Waals surface area contributed by atoms with Crippen LogP contribution >= 0.6 is 0 Å². The first-order valence-corrected chi connectivity index (χ1v) is 8.60. The first-order chi connectivity index (χ1) is 13.0. The molecule has 0 radical (unpaired) electrons. The van der Waals surface area contributed by atoms with Gasteiger partial charge in [0.1, 0.15) is 11.6 Å². The average Bonchev–Trinajstić information content (AvgIpc) is 2.66. The Morgan fingerprint density at radius 2 is 1.56 bits per heavy atom. The molecule has 0 heterocycles. The van der Waals surface area contributed by atoms with E-state index < -0.39 is 11.6 Å². The highest BCUT2D eigenvalue weighted by molar-refractivity contribution is 5.75. The van der Waals surface area contributed by atoms with Gasteiger partial charge in [0, 0.05) is 26.2 Å². The second kappa shape index (κ2) is 8.45. The first-order valence-electron chi connectivity index (χ1n) is 8.60. The second-order valence-electron chi connectivity index (χ2n) is 6.32. The van der Waals surface area contributed by atoms with E-state index in [9.17, 15) is 13.6 Å². The van der Waals surface area contributed by atoms with Crippen molar-refractivity contribution >= 4 is 6.03 Å². The fraction of sp³-hybridized carbons (Fsp3) is 0.136. The monoisotopic (exact) mass is 366 g/mol. The minimum Gasteiger partial charge on any atom is -0.334 e. The van der Waals surface area contributed by atoms with Crippen LogP contribution in [0.1, 0.15) is 11.1 Å². The van der Waals surface area contributed by atoms with Crippen molar-refractivity contribution in [2.45, 2.75) is 13.1 Å². The van der Waals surface area contributed by atoms with Crippen LogP contribution in [0.3, 0.4) is 0 Å². The van der Waals surface area contributed by atoms with Crippen LogP contribution in [0.4, 0.5) is 13.6 Å². The fourth-order valence-electron chi connectivity index (χ4n) is 2.91. The second-order valence-corrected chi connectivity index (χ2v) is 6.32. The maximum Gasteiger partial charge on any atom is 0.317 e. The molecule has 3 aromatic rings. The molecule has 3 aromatic carbocycles. The molecular weight excluding hydrogens is 346 g/mol. The van der Waals surface area contributed by atoms with Gasteiger partial charge in [0.05, 0.1) is 0 Å². The molecule has 2 amide bonds. The predicted octanol–water partition coefficient (Wildman–Crippen LogP) is 4.97. The number of hydrogen-bond donors (Lipinski definition) is 1. The molecule has 0 saturated carbocycles. The van der Waals surface area contributed by atoms with Gasteiger partial charge in [0.15, 0.2) is 0 Å². The van der Waals surface area contributed by atoms with Crippen molar-refractivity contribution in [1.29, 1.82) is 0 Å². The van der Waals surface area contributed by atoms with E-state index in [0.717, 1.165) is 22.8 Å². The quantitative estimate of drug-likeness (QED) is 0.679. The zero-order valence-corrected chi connectivity index (χ0v) is 15.0. The molecule has 0 fully saturated rings. The van der Waals surface area contributed by atoms with E-state index in [1.54, 1.807) is 7.05 Å². The van der Waals surface area contributed by atoms with E-state index >= 15 is 0 Å². The van der Waals surface area contributed by atoms with E-state index in [0.29, 0.717) is 12.1 Å². The Labute approximate surface area is 157 Å². The Morgan fingerprint density at radius 3 is 2.26 bits per heavy atom. The Bertz CT molecular complexity index is 908. The van der Waals surface area contributed by atoms with Crippen molar-refractivity contribution in [2.75, 3.05) is 7.05 Å². The lowest BCUT2D eigenvalue weighted by molar-refractivity contribution is 0.206. The zero-order chi connectivity index (χ0) is 19.2. The Balaban J connectivity index is 1.67. The topological polar surface area (TPSA) is 32.3 Å². The Morgan fingerprint density at radius 1 is 0.926 bits per heavy atom. The van der Waals surface area contributed by atoms with Gasteiger partial charge in [0.25, 0.3) is 0 Å². The van der Waals surface area contributed by atoms with Crippen molar-refractivity contribution in [3.8, 4) is 11.1 Å². The summed E-state index contributed by atoms with van der Waals surface area (Å²) in [5.41, 5.74) is 3.53. The van der Waals surface area contributed by atoms with Gasteiger partial charge in [-0.1, -0.05) is 54.6 Å². The number of benzene rings is 3. The number of amides is 2. The lowest BCUT2D eigenvalue weighted by Gasteiger charge is -2.20. The number of hydrogen-bond acceptors (Lipinski definition) is 1. The van der Waals surface area contributed by atoms with Gasteiger partial charge in [-0.2, -0.15) is 0 Å². The van der Waals surface area contributed by atoms with Crippen LogP contribution in [-0.2, 0) is 13.1 Å². The summed E-state index contributed by atoms with van der Waals surface area (Å²) in [4.78, 5) is 13.9. The molecule has 0 aliphatic carbocycles. The fourth-order valence-corrected chi connectivity index (χ4v) is 2.91. The van der Waals surface area contributed by atoms with E-state index in [4.69, 9.17) is 0 Å². The lowest BCUT2D eigenvalue weighted by atomic mass is 9.99. The van der Waals surface area contributed by atoms with Crippen molar-refractivity contribution in [3.05, 3.63) is 95.6 Å². The number of urea groups is 1. The van der Waals surface area contributed by atoms with E-state index in [2.05, 4.69) is 5.32 Å². The standard InChI is InChI=1S/C22H20F2N2O/c1-26(22(27)25-14-16-11-19(23)13-20(24)12-16)15-18-9-5-6-10-21(18)17-7-3-2-4-8-17/h2-13H,14-15H2,1H3,(H,25,27). The van der Waals surface area contributed by atoms with Crippen LogP contribution in [0.5, 0.6) is 0 Å². The van der Waals surface area contributed by atoms with Crippen molar-refractivity contribution in [3.63, 3.8) is 0 Å². The molecule has 0 spiro atoms. The third-order valence-electron chi connectivity index (χ3n) is 4.22. The molecule has 0 atom stereocenters. The summed E-state index contributed by atoms with van der Waals surface area (Å²) in [6.45, 7) is 0.465. The summed E-state index contributed by atoms with van der Waals surface area (Å²) in [7, 11) is 1.68. The zero-order valence-electron chi connectivity index (χ0n) is 15.0. The molecule has 3 nitrogen and oxygen atoms in total. The summed E-state index contributed by atoms with van der Waals surface area (Å²) >= 11 is 0. The third kappa shape index (κ3) is 4.91. The number of carbonyl (C=O) groups is 1. The number of carbonyl (C=O) groups excluding carboxylic acids is 1. The van der Waals surface area contributed by atoms with Crippen molar-refractivity contribution < 1.29 is 13.6 Å². The van der Waals surface area contributed by atoms with Gasteiger partial charge in [-0.3, -0.25) is 0 Å². The summed E-state index contributed by atoms with van der Waals surface area (Å²) in [5.74, 6) is -1.33. The summed E-state index contributed by atoms with van der Waals surface area (Å²) in [6.07, 6.45) is 0. The minimum absolute atomic E-state index is 0.0538. The lowest BCUT2D eigenvalue weighted by Crippen LogP contribution is -2.36. The minimum atomic E-state index is -0.663. The molecular formula is C22H20F2N2O. The van der Waals surface area contributed by atoms with Crippen LogP contribution in [-0.4, -0.2) is 18.0 Å². The van der Waals surface area contributed by atoms with Gasteiger partial charge in [0.2, 0.25) is 0 Å². The molecule has 0 aliphatic heterocycles. The van der Waals surface area contributed by atoms with Gasteiger partial charge in [-0.15, -0.1) is 0 Å². The molecule has 5 heteroatoms. The molecule has 3 rings (SSSR count). The van der Waals surface area contributed by atoms with Crippen LogP contribution < -0.4 is 5.32 Å². The van der Waals surface area contributed by atoms with Crippen LogP contribution in [0.15, 0.2) is 72.8 Å². The predicted molar refractivity (Wildman–Crippen MR) is 102 cm³/mol. The maximum atomic E-state index is 13.2. The molecule has 0 unspecified atom stereocenters. The highest BCUT2D eigenvalue weighted by Crippen LogP contribution is 2.24. The molecule has 0 aliphatic rings. The number of nitrogens with zero attached hydrogens (tertiary/aromatic N) is 1. The first kappa shape index (κ1) is 18.6. The number of nitrogens with one attached hydrogen (secondary N) is 1. The summed E-state index contributed by atoms with van der Waals surface area (Å²) in [5, 5.41) is 2.69. The van der Waals surface area contributed by atoms with E-state index in [1.165, 1.54) is 17.0 Å². The SMILES string of the molecule is CN(Cc1ccccc1-c1ccccc1)C(=O)NCc1cc(F)cc(F)c1. The van der Waals surface area contributed by atoms with Gasteiger partial charge >= 0.3 is 6.03 Å². The van der Waals surface area contributed by atoms with Gasteiger partial charge in [-0.05, 0) is 34.4 Å². The summed E-state index contributed by atoms with van der Waals surface area (Å²) < 4.78 is 26.5. The molecule has 27 heavy (non-hydrogen) atoms.